The Balaban J connectivity index is 0.00000324. The Labute approximate surface area is 116 Å². The van der Waals surface area contributed by atoms with Gasteiger partial charge in [0.05, 0.1) is 5.56 Å². The number of hydrogen-bond acceptors (Lipinski definition) is 2. The quantitative estimate of drug-likeness (QED) is 0.842. The molecule has 0 amide bonds. The van der Waals surface area contributed by atoms with Gasteiger partial charge in [0.25, 0.3) is 0 Å². The summed E-state index contributed by atoms with van der Waals surface area (Å²) < 4.78 is 41.9. The summed E-state index contributed by atoms with van der Waals surface area (Å²) in [5.74, 6) is -3.49. The number of rotatable bonds is 3. The van der Waals surface area contributed by atoms with Crippen molar-refractivity contribution < 1.29 is 18.3 Å². The van der Waals surface area contributed by atoms with Gasteiger partial charge in [-0.3, -0.25) is 0 Å². The van der Waals surface area contributed by atoms with Crippen LogP contribution in [0, 0.1) is 18.2 Å². The van der Waals surface area contributed by atoms with Gasteiger partial charge in [0.1, 0.15) is 5.82 Å². The van der Waals surface area contributed by atoms with Crippen LogP contribution in [0.25, 0.3) is 0 Å². The van der Waals surface area contributed by atoms with Crippen molar-refractivity contribution in [3.05, 3.63) is 35.1 Å². The first kappa shape index (κ1) is 17.8. The van der Waals surface area contributed by atoms with Gasteiger partial charge in [0.2, 0.25) is 0 Å². The van der Waals surface area contributed by atoms with Crippen molar-refractivity contribution in [1.29, 1.82) is 0 Å². The highest BCUT2D eigenvalue weighted by molar-refractivity contribution is 5.85. The van der Waals surface area contributed by atoms with Gasteiger partial charge >= 0.3 is 5.92 Å². The molecule has 1 rings (SSSR count). The number of alkyl halides is 2. The van der Waals surface area contributed by atoms with E-state index in [-0.39, 0.29) is 18.0 Å². The highest BCUT2D eigenvalue weighted by Gasteiger charge is 2.51. The summed E-state index contributed by atoms with van der Waals surface area (Å²) in [7, 11) is 0. The first-order chi connectivity index (χ1) is 8.15. The molecule has 0 bridgehead atoms. The lowest BCUT2D eigenvalue weighted by Crippen LogP contribution is -2.42. The average Bonchev–Trinajstić information content (AvgIpc) is 2.28. The van der Waals surface area contributed by atoms with E-state index >= 15 is 0 Å². The van der Waals surface area contributed by atoms with Gasteiger partial charge in [-0.05, 0) is 19.9 Å². The van der Waals surface area contributed by atoms with E-state index in [9.17, 15) is 18.3 Å². The molecule has 0 saturated carbocycles. The molecule has 0 saturated heterocycles. The van der Waals surface area contributed by atoms with Crippen LogP contribution in [-0.4, -0.2) is 10.7 Å². The fourth-order valence-electron chi connectivity index (χ4n) is 1.50. The van der Waals surface area contributed by atoms with Crippen molar-refractivity contribution in [1.82, 2.24) is 0 Å². The van der Waals surface area contributed by atoms with Crippen LogP contribution >= 0.6 is 12.4 Å². The fraction of sp³-hybridized carbons (Fsp3) is 0.385. The molecule has 0 fully saturated rings. The van der Waals surface area contributed by atoms with Gasteiger partial charge < -0.3 is 10.8 Å². The minimum absolute atomic E-state index is 0. The predicted octanol–water partition coefficient (Wildman–Crippen LogP) is 2.74. The Bertz CT molecular complexity index is 495. The van der Waals surface area contributed by atoms with Gasteiger partial charge in [0, 0.05) is 11.6 Å². The van der Waals surface area contributed by atoms with Crippen LogP contribution in [0.3, 0.4) is 0 Å². The third-order valence-corrected chi connectivity index (χ3v) is 2.75. The summed E-state index contributed by atoms with van der Waals surface area (Å²) in [6.07, 6.45) is 4.85. The number of terminal acetylenes is 1. The van der Waals surface area contributed by atoms with E-state index in [1.165, 1.54) is 19.1 Å². The molecule has 3 N–H and O–H groups in total. The van der Waals surface area contributed by atoms with E-state index < -0.39 is 28.9 Å². The molecular formula is C13H15ClF3NO. The maximum atomic E-state index is 14.0. The number of benzene rings is 1. The smallest absolute Gasteiger partial charge is 0.314 e. The summed E-state index contributed by atoms with van der Waals surface area (Å²) in [4.78, 5) is 0. The summed E-state index contributed by atoms with van der Waals surface area (Å²) in [5, 5.41) is 9.47. The lowest BCUT2D eigenvalue weighted by molar-refractivity contribution is -0.148. The molecule has 6 heteroatoms. The second-order valence-electron chi connectivity index (χ2n) is 4.29. The van der Waals surface area contributed by atoms with Crippen molar-refractivity contribution in [2.75, 3.05) is 0 Å². The first-order valence-electron chi connectivity index (χ1n) is 5.27. The standard InChI is InChI=1S/C13H14F3NO.ClH/c1-4-12(3,18)13(15,16)10-7-5-6-9(8(2)17)11(10)14;/h1,5-8,18H,17H2,2-3H3;1H/t8-,12-;/m1./s1. The van der Waals surface area contributed by atoms with Crippen LogP contribution < -0.4 is 5.73 Å². The molecule has 0 radical (unpaired) electrons. The minimum Gasteiger partial charge on any atom is -0.372 e. The Morgan fingerprint density at radius 3 is 2.37 bits per heavy atom. The minimum atomic E-state index is -3.91. The number of nitrogens with two attached hydrogens (primary N) is 1. The number of halogens is 4. The molecule has 1 aromatic rings. The zero-order valence-corrected chi connectivity index (χ0v) is 11.3. The molecule has 0 aliphatic rings. The van der Waals surface area contributed by atoms with Crippen LogP contribution in [0.4, 0.5) is 13.2 Å². The normalized spacial score (nSPS) is 15.9. The second kappa shape index (κ2) is 5.83. The summed E-state index contributed by atoms with van der Waals surface area (Å²) in [6, 6.07) is 2.70. The molecule has 0 heterocycles. The molecule has 0 aromatic heterocycles. The van der Waals surface area contributed by atoms with Crippen LogP contribution in [0.1, 0.15) is 31.0 Å². The van der Waals surface area contributed by atoms with Crippen molar-refractivity contribution in [3.8, 4) is 12.3 Å². The first-order valence-corrected chi connectivity index (χ1v) is 5.27. The van der Waals surface area contributed by atoms with E-state index in [2.05, 4.69) is 0 Å². The molecule has 19 heavy (non-hydrogen) atoms. The zero-order chi connectivity index (χ0) is 14.1. The van der Waals surface area contributed by atoms with Crippen molar-refractivity contribution in [3.63, 3.8) is 0 Å². The van der Waals surface area contributed by atoms with Crippen molar-refractivity contribution >= 4 is 12.4 Å². The number of hydrogen-bond donors (Lipinski definition) is 2. The van der Waals surface area contributed by atoms with Crippen molar-refractivity contribution in [2.45, 2.75) is 31.4 Å². The molecule has 106 valence electrons. The zero-order valence-electron chi connectivity index (χ0n) is 10.5. The summed E-state index contributed by atoms with van der Waals surface area (Å²) in [5.41, 5.74) is 1.69. The Morgan fingerprint density at radius 1 is 1.42 bits per heavy atom. The molecule has 0 unspecified atom stereocenters. The molecule has 0 spiro atoms. The van der Waals surface area contributed by atoms with E-state index in [4.69, 9.17) is 12.2 Å². The monoisotopic (exact) mass is 293 g/mol. The van der Waals surface area contributed by atoms with Gasteiger partial charge in [-0.1, -0.05) is 18.1 Å². The SMILES string of the molecule is C#C[C@@](C)(O)C(F)(F)c1cccc([C@@H](C)N)c1F.Cl. The van der Waals surface area contributed by atoms with Gasteiger partial charge in [-0.2, -0.15) is 8.78 Å². The molecule has 0 aliphatic carbocycles. The fourth-order valence-corrected chi connectivity index (χ4v) is 1.50. The largest absolute Gasteiger partial charge is 0.372 e. The maximum absolute atomic E-state index is 14.0. The highest BCUT2D eigenvalue weighted by Crippen LogP contribution is 2.40. The molecule has 2 nitrogen and oxygen atoms in total. The summed E-state index contributed by atoms with van der Waals surface area (Å²) in [6.45, 7) is 2.23. The Kier molecular flexibility index (Phi) is 5.45. The van der Waals surface area contributed by atoms with E-state index in [0.717, 1.165) is 13.0 Å². The second-order valence-corrected chi connectivity index (χ2v) is 4.29. The molecule has 0 aliphatic heterocycles. The van der Waals surface area contributed by atoms with Crippen LogP contribution in [0.2, 0.25) is 0 Å². The number of aliphatic hydroxyl groups is 1. The third kappa shape index (κ3) is 3.03. The van der Waals surface area contributed by atoms with Crippen LogP contribution in [0.15, 0.2) is 18.2 Å². The third-order valence-electron chi connectivity index (χ3n) is 2.75. The van der Waals surface area contributed by atoms with Gasteiger partial charge in [0.15, 0.2) is 5.60 Å². The summed E-state index contributed by atoms with van der Waals surface area (Å²) >= 11 is 0. The van der Waals surface area contributed by atoms with E-state index in [1.807, 2.05) is 0 Å². The highest BCUT2D eigenvalue weighted by atomic mass is 35.5. The van der Waals surface area contributed by atoms with E-state index in [0.29, 0.717) is 0 Å². The van der Waals surface area contributed by atoms with Gasteiger partial charge in [-0.25, -0.2) is 4.39 Å². The average molecular weight is 294 g/mol. The lowest BCUT2D eigenvalue weighted by atomic mass is 9.90. The van der Waals surface area contributed by atoms with Crippen molar-refractivity contribution in [2.24, 2.45) is 5.73 Å². The maximum Gasteiger partial charge on any atom is 0.314 e. The van der Waals surface area contributed by atoms with Crippen LogP contribution in [0.5, 0.6) is 0 Å². The molecular weight excluding hydrogens is 279 g/mol. The van der Waals surface area contributed by atoms with Gasteiger partial charge in [-0.15, -0.1) is 18.8 Å². The molecule has 1 aromatic carbocycles. The predicted molar refractivity (Wildman–Crippen MR) is 69.6 cm³/mol. The Morgan fingerprint density at radius 2 is 1.95 bits per heavy atom. The Hall–Kier alpha value is -1.22. The lowest BCUT2D eigenvalue weighted by Gasteiger charge is -2.29. The molecule has 2 atom stereocenters. The topological polar surface area (TPSA) is 46.2 Å². The van der Waals surface area contributed by atoms with E-state index in [1.54, 1.807) is 5.92 Å². The van der Waals surface area contributed by atoms with Crippen LogP contribution in [-0.2, 0) is 5.92 Å².